The summed E-state index contributed by atoms with van der Waals surface area (Å²) in [4.78, 5) is 18.5. The molecular weight excluding hydrogens is 358 g/mol. The van der Waals surface area contributed by atoms with Crippen LogP contribution in [0.1, 0.15) is 39.2 Å². The number of nitrogens with one attached hydrogen (secondary N) is 1. The molecule has 1 aliphatic rings. The van der Waals surface area contributed by atoms with Crippen molar-refractivity contribution in [1.29, 1.82) is 0 Å². The number of nitrogens with zero attached hydrogens (tertiary/aromatic N) is 2. The van der Waals surface area contributed by atoms with E-state index in [4.69, 9.17) is 4.74 Å². The Kier molecular flexibility index (Phi) is 5.89. The first-order valence-corrected chi connectivity index (χ1v) is 8.88. The van der Waals surface area contributed by atoms with Crippen LogP contribution in [-0.2, 0) is 4.74 Å². The number of hydrogen-bond acceptors (Lipinski definition) is 4. The average molecular weight is 384 g/mol. The van der Waals surface area contributed by atoms with Gasteiger partial charge in [0.25, 0.3) is 0 Å². The SMILES string of the molecule is Cc1ccnc(N2CCC(CNC(=O)OC(C)(C)C)CC2)c1Br. The Labute approximate surface area is 146 Å². The van der Waals surface area contributed by atoms with Crippen molar-refractivity contribution >= 4 is 27.8 Å². The lowest BCUT2D eigenvalue weighted by Crippen LogP contribution is -2.40. The van der Waals surface area contributed by atoms with Crippen LogP contribution in [0.3, 0.4) is 0 Å². The van der Waals surface area contributed by atoms with E-state index in [1.54, 1.807) is 0 Å². The van der Waals surface area contributed by atoms with Crippen molar-refractivity contribution in [3.8, 4) is 0 Å². The number of aromatic nitrogens is 1. The molecule has 0 aromatic carbocycles. The number of piperidine rings is 1. The third-order valence-corrected chi connectivity index (χ3v) is 4.89. The number of halogens is 1. The Bertz CT molecular complexity index is 549. The summed E-state index contributed by atoms with van der Waals surface area (Å²) in [5.74, 6) is 1.51. The maximum Gasteiger partial charge on any atom is 0.407 e. The first kappa shape index (κ1) is 18.0. The Morgan fingerprint density at radius 3 is 2.70 bits per heavy atom. The monoisotopic (exact) mass is 383 g/mol. The number of carbonyl (C=O) groups excluding carboxylic acids is 1. The van der Waals surface area contributed by atoms with Gasteiger partial charge in [0.2, 0.25) is 0 Å². The first-order valence-electron chi connectivity index (χ1n) is 8.09. The average Bonchev–Trinajstić information content (AvgIpc) is 2.47. The Morgan fingerprint density at radius 2 is 2.09 bits per heavy atom. The standard InChI is InChI=1S/C17H26BrN3O2/c1-12-5-8-19-15(14(12)18)21-9-6-13(7-10-21)11-20-16(22)23-17(2,3)4/h5,8,13H,6-7,9-11H2,1-4H3,(H,20,22). The molecule has 0 bridgehead atoms. The van der Waals surface area contributed by atoms with E-state index in [9.17, 15) is 4.79 Å². The smallest absolute Gasteiger partial charge is 0.407 e. The van der Waals surface area contributed by atoms with Gasteiger partial charge in [0.15, 0.2) is 0 Å². The molecule has 1 aromatic heterocycles. The first-order chi connectivity index (χ1) is 10.8. The fraction of sp³-hybridized carbons (Fsp3) is 0.647. The summed E-state index contributed by atoms with van der Waals surface area (Å²) in [6.45, 7) is 10.3. The lowest BCUT2D eigenvalue weighted by Gasteiger charge is -2.33. The number of aryl methyl sites for hydroxylation is 1. The van der Waals surface area contributed by atoms with Gasteiger partial charge in [0, 0.05) is 25.8 Å². The van der Waals surface area contributed by atoms with Gasteiger partial charge in [0.05, 0.1) is 4.47 Å². The highest BCUT2D eigenvalue weighted by Gasteiger charge is 2.23. The number of pyridine rings is 1. The van der Waals surface area contributed by atoms with Gasteiger partial charge in [0.1, 0.15) is 11.4 Å². The zero-order valence-corrected chi connectivity index (χ0v) is 15.9. The second kappa shape index (κ2) is 7.51. The molecule has 2 rings (SSSR count). The van der Waals surface area contributed by atoms with E-state index in [1.807, 2.05) is 33.0 Å². The van der Waals surface area contributed by atoms with E-state index in [-0.39, 0.29) is 6.09 Å². The minimum absolute atomic E-state index is 0.331. The van der Waals surface area contributed by atoms with Crippen LogP contribution >= 0.6 is 15.9 Å². The summed E-state index contributed by atoms with van der Waals surface area (Å²) in [6, 6.07) is 2.01. The summed E-state index contributed by atoms with van der Waals surface area (Å²) < 4.78 is 6.35. The summed E-state index contributed by atoms with van der Waals surface area (Å²) in [6.07, 6.45) is 3.60. The highest BCUT2D eigenvalue weighted by atomic mass is 79.9. The van der Waals surface area contributed by atoms with Crippen LogP contribution in [0.5, 0.6) is 0 Å². The van der Waals surface area contributed by atoms with Crippen molar-refractivity contribution < 1.29 is 9.53 Å². The molecule has 0 spiro atoms. The number of anilines is 1. The normalized spacial score (nSPS) is 16.3. The quantitative estimate of drug-likeness (QED) is 0.859. The van der Waals surface area contributed by atoms with Crippen LogP contribution in [0.15, 0.2) is 16.7 Å². The molecule has 1 N–H and O–H groups in total. The lowest BCUT2D eigenvalue weighted by molar-refractivity contribution is 0.0517. The van der Waals surface area contributed by atoms with Gasteiger partial charge in [-0.2, -0.15) is 0 Å². The van der Waals surface area contributed by atoms with Crippen molar-refractivity contribution in [1.82, 2.24) is 10.3 Å². The van der Waals surface area contributed by atoms with E-state index in [0.717, 1.165) is 36.2 Å². The fourth-order valence-electron chi connectivity index (χ4n) is 2.64. The minimum Gasteiger partial charge on any atom is -0.444 e. The van der Waals surface area contributed by atoms with Crippen molar-refractivity contribution in [2.45, 2.75) is 46.1 Å². The maximum atomic E-state index is 11.7. The zero-order chi connectivity index (χ0) is 17.0. The number of hydrogen-bond donors (Lipinski definition) is 1. The zero-order valence-electron chi connectivity index (χ0n) is 14.4. The van der Waals surface area contributed by atoms with Crippen LogP contribution in [0.25, 0.3) is 0 Å². The van der Waals surface area contributed by atoms with Crippen molar-refractivity contribution in [2.24, 2.45) is 5.92 Å². The molecule has 0 unspecified atom stereocenters. The van der Waals surface area contributed by atoms with Gasteiger partial charge >= 0.3 is 6.09 Å². The Morgan fingerprint density at radius 1 is 1.43 bits per heavy atom. The molecule has 6 heteroatoms. The number of alkyl carbamates (subject to hydrolysis) is 1. The van der Waals surface area contributed by atoms with E-state index in [1.165, 1.54) is 5.56 Å². The molecule has 23 heavy (non-hydrogen) atoms. The van der Waals surface area contributed by atoms with Crippen LogP contribution in [0, 0.1) is 12.8 Å². The van der Waals surface area contributed by atoms with Crippen molar-refractivity contribution in [3.63, 3.8) is 0 Å². The van der Waals surface area contributed by atoms with Crippen molar-refractivity contribution in [2.75, 3.05) is 24.5 Å². The summed E-state index contributed by atoms with van der Waals surface area (Å²) >= 11 is 3.63. The van der Waals surface area contributed by atoms with E-state index in [0.29, 0.717) is 12.5 Å². The van der Waals surface area contributed by atoms with Gasteiger partial charge in [-0.15, -0.1) is 0 Å². The molecule has 0 aliphatic carbocycles. The highest BCUT2D eigenvalue weighted by molar-refractivity contribution is 9.10. The predicted molar refractivity (Wildman–Crippen MR) is 95.8 cm³/mol. The molecule has 2 heterocycles. The molecular formula is C17H26BrN3O2. The molecule has 1 aromatic rings. The number of amides is 1. The molecule has 1 fully saturated rings. The number of carbonyl (C=O) groups is 1. The van der Waals surface area contributed by atoms with Crippen molar-refractivity contribution in [3.05, 3.63) is 22.3 Å². The van der Waals surface area contributed by atoms with E-state index >= 15 is 0 Å². The van der Waals surface area contributed by atoms with Gasteiger partial charge in [-0.25, -0.2) is 9.78 Å². The van der Waals surface area contributed by atoms with E-state index < -0.39 is 5.60 Å². The maximum absolute atomic E-state index is 11.7. The number of ether oxygens (including phenoxy) is 1. The molecule has 5 nitrogen and oxygen atoms in total. The third kappa shape index (κ3) is 5.37. The van der Waals surface area contributed by atoms with Crippen LogP contribution in [-0.4, -0.2) is 36.3 Å². The van der Waals surface area contributed by atoms with Gasteiger partial charge in [-0.3, -0.25) is 0 Å². The number of rotatable bonds is 3. The second-order valence-electron chi connectivity index (χ2n) is 7.08. The molecule has 0 saturated carbocycles. The highest BCUT2D eigenvalue weighted by Crippen LogP contribution is 2.30. The molecule has 1 aliphatic heterocycles. The van der Waals surface area contributed by atoms with Gasteiger partial charge in [-0.1, -0.05) is 0 Å². The topological polar surface area (TPSA) is 54.5 Å². The Hall–Kier alpha value is -1.30. The molecule has 1 saturated heterocycles. The van der Waals surface area contributed by atoms with Gasteiger partial charge < -0.3 is 15.0 Å². The van der Waals surface area contributed by atoms with Crippen LogP contribution < -0.4 is 10.2 Å². The Balaban J connectivity index is 1.80. The molecule has 0 radical (unpaired) electrons. The fourth-order valence-corrected chi connectivity index (χ4v) is 3.12. The largest absolute Gasteiger partial charge is 0.444 e. The van der Waals surface area contributed by atoms with Crippen LogP contribution in [0.2, 0.25) is 0 Å². The molecule has 1 amide bonds. The van der Waals surface area contributed by atoms with E-state index in [2.05, 4.69) is 38.1 Å². The summed E-state index contributed by atoms with van der Waals surface area (Å²) in [5.41, 5.74) is 0.750. The summed E-state index contributed by atoms with van der Waals surface area (Å²) in [5, 5.41) is 2.88. The second-order valence-corrected chi connectivity index (χ2v) is 7.87. The minimum atomic E-state index is -0.448. The summed E-state index contributed by atoms with van der Waals surface area (Å²) in [7, 11) is 0. The third-order valence-electron chi connectivity index (χ3n) is 3.91. The molecule has 128 valence electrons. The molecule has 0 atom stereocenters. The predicted octanol–water partition coefficient (Wildman–Crippen LogP) is 3.89. The lowest BCUT2D eigenvalue weighted by atomic mass is 9.97. The van der Waals surface area contributed by atoms with Crippen LogP contribution in [0.4, 0.5) is 10.6 Å². The van der Waals surface area contributed by atoms with Gasteiger partial charge in [-0.05, 0) is 74.0 Å².